The van der Waals surface area contributed by atoms with Gasteiger partial charge in [-0.05, 0) is 44.5 Å². The summed E-state index contributed by atoms with van der Waals surface area (Å²) in [5, 5.41) is 4.43. The second kappa shape index (κ2) is 4.99. The Morgan fingerprint density at radius 3 is 2.93 bits per heavy atom. The number of hydrogen-bond donors (Lipinski definition) is 1. The van der Waals surface area contributed by atoms with Crippen molar-refractivity contribution < 1.29 is 4.42 Å². The van der Waals surface area contributed by atoms with Crippen LogP contribution < -0.4 is 5.32 Å². The molecule has 2 rings (SSSR count). The molecule has 0 fully saturated rings. The number of rotatable bonds is 5. The second-order valence-electron chi connectivity index (χ2n) is 3.82. The van der Waals surface area contributed by atoms with E-state index in [1.165, 1.54) is 23.8 Å². The van der Waals surface area contributed by atoms with Crippen molar-refractivity contribution in [1.29, 1.82) is 0 Å². The van der Waals surface area contributed by atoms with Crippen LogP contribution in [0.5, 0.6) is 0 Å². The molecule has 2 nitrogen and oxygen atoms in total. The van der Waals surface area contributed by atoms with Crippen LogP contribution in [-0.2, 0) is 6.42 Å². The van der Waals surface area contributed by atoms with Crippen molar-refractivity contribution in [3.05, 3.63) is 36.1 Å². The number of furan rings is 1. The topological polar surface area (TPSA) is 25.2 Å². The van der Waals surface area contributed by atoms with Crippen molar-refractivity contribution in [3.8, 4) is 0 Å². The van der Waals surface area contributed by atoms with Gasteiger partial charge in [-0.3, -0.25) is 0 Å². The molecule has 1 N–H and O–H groups in total. The maximum absolute atomic E-state index is 5.49. The lowest BCUT2D eigenvalue weighted by Gasteiger charge is -1.98. The molecule has 0 spiro atoms. The first-order chi connectivity index (χ1) is 7.42. The molecule has 15 heavy (non-hydrogen) atoms. The first-order valence-corrected chi connectivity index (χ1v) is 5.51. The molecule has 0 saturated carbocycles. The van der Waals surface area contributed by atoms with Crippen LogP contribution in [-0.4, -0.2) is 13.6 Å². The molecule has 0 aliphatic rings. The smallest absolute Gasteiger partial charge is 0.134 e. The van der Waals surface area contributed by atoms with E-state index in [9.17, 15) is 0 Å². The van der Waals surface area contributed by atoms with Gasteiger partial charge in [-0.15, -0.1) is 0 Å². The Bertz CT molecular complexity index is 419. The van der Waals surface area contributed by atoms with Crippen molar-refractivity contribution in [3.63, 3.8) is 0 Å². The average Bonchev–Trinajstić information content (AvgIpc) is 2.68. The van der Waals surface area contributed by atoms with Crippen molar-refractivity contribution in [1.82, 2.24) is 5.32 Å². The number of fused-ring (bicyclic) bond motifs is 1. The van der Waals surface area contributed by atoms with Crippen molar-refractivity contribution >= 4 is 11.0 Å². The van der Waals surface area contributed by atoms with Gasteiger partial charge in [0.25, 0.3) is 0 Å². The minimum atomic E-state index is 1.00. The number of aryl methyl sites for hydroxylation is 1. The van der Waals surface area contributed by atoms with Crippen LogP contribution in [0.3, 0.4) is 0 Å². The van der Waals surface area contributed by atoms with Crippen molar-refractivity contribution in [2.75, 3.05) is 13.6 Å². The molecular weight excluding hydrogens is 186 g/mol. The fourth-order valence-corrected chi connectivity index (χ4v) is 1.84. The first-order valence-electron chi connectivity index (χ1n) is 5.51. The molecule has 0 radical (unpaired) electrons. The number of unbranched alkanes of at least 4 members (excludes halogenated alkanes) is 1. The molecular formula is C13H17NO. The molecule has 1 aromatic carbocycles. The van der Waals surface area contributed by atoms with Gasteiger partial charge < -0.3 is 9.73 Å². The summed E-state index contributed by atoms with van der Waals surface area (Å²) in [5.74, 6) is 0. The maximum Gasteiger partial charge on any atom is 0.134 e. The fraction of sp³-hybridized carbons (Fsp3) is 0.385. The third kappa shape index (κ3) is 2.39. The molecule has 1 aromatic heterocycles. The number of para-hydroxylation sites is 1. The van der Waals surface area contributed by atoms with Crippen LogP contribution in [0, 0.1) is 0 Å². The Labute approximate surface area is 90.3 Å². The Hall–Kier alpha value is -1.28. The summed E-state index contributed by atoms with van der Waals surface area (Å²) in [7, 11) is 1.99. The van der Waals surface area contributed by atoms with Crippen LogP contribution in [0.2, 0.25) is 0 Å². The minimum Gasteiger partial charge on any atom is -0.464 e. The highest BCUT2D eigenvalue weighted by Gasteiger charge is 2.03. The van der Waals surface area contributed by atoms with Crippen LogP contribution >= 0.6 is 0 Å². The van der Waals surface area contributed by atoms with E-state index < -0.39 is 0 Å². The standard InChI is InChI=1S/C13H17NO/c1-14-9-5-4-6-11-10-15-13-8-3-2-7-12(11)13/h2-3,7-8,10,14H,4-6,9H2,1H3. The summed E-state index contributed by atoms with van der Waals surface area (Å²) in [4.78, 5) is 0. The normalized spacial score (nSPS) is 11.0. The summed E-state index contributed by atoms with van der Waals surface area (Å²) < 4.78 is 5.49. The van der Waals surface area contributed by atoms with Crippen LogP contribution in [0.4, 0.5) is 0 Å². The fourth-order valence-electron chi connectivity index (χ4n) is 1.84. The van der Waals surface area contributed by atoms with Gasteiger partial charge in [0.15, 0.2) is 0 Å². The predicted octanol–water partition coefficient (Wildman–Crippen LogP) is 2.97. The van der Waals surface area contributed by atoms with E-state index in [0.717, 1.165) is 18.5 Å². The number of benzene rings is 1. The molecule has 1 heterocycles. The van der Waals surface area contributed by atoms with E-state index >= 15 is 0 Å². The summed E-state index contributed by atoms with van der Waals surface area (Å²) in [6.07, 6.45) is 5.43. The second-order valence-corrected chi connectivity index (χ2v) is 3.82. The molecule has 2 aromatic rings. The zero-order valence-corrected chi connectivity index (χ0v) is 9.12. The van der Waals surface area contributed by atoms with E-state index in [4.69, 9.17) is 4.42 Å². The highest BCUT2D eigenvalue weighted by atomic mass is 16.3. The van der Waals surface area contributed by atoms with E-state index in [0.29, 0.717) is 0 Å². The number of nitrogens with one attached hydrogen (secondary N) is 1. The van der Waals surface area contributed by atoms with Crippen molar-refractivity contribution in [2.45, 2.75) is 19.3 Å². The van der Waals surface area contributed by atoms with Crippen molar-refractivity contribution in [2.24, 2.45) is 0 Å². The van der Waals surface area contributed by atoms with Gasteiger partial charge in [0, 0.05) is 5.39 Å². The van der Waals surface area contributed by atoms with Gasteiger partial charge in [0.2, 0.25) is 0 Å². The molecule has 0 aliphatic carbocycles. The highest BCUT2D eigenvalue weighted by molar-refractivity contribution is 5.80. The van der Waals surface area contributed by atoms with Gasteiger partial charge >= 0.3 is 0 Å². The largest absolute Gasteiger partial charge is 0.464 e. The molecule has 0 aliphatic heterocycles. The Kier molecular flexibility index (Phi) is 3.41. The van der Waals surface area contributed by atoms with Gasteiger partial charge in [-0.1, -0.05) is 18.2 Å². The van der Waals surface area contributed by atoms with Gasteiger partial charge in [0.05, 0.1) is 6.26 Å². The zero-order valence-electron chi connectivity index (χ0n) is 9.12. The first kappa shape index (κ1) is 10.2. The lowest BCUT2D eigenvalue weighted by molar-refractivity contribution is 0.605. The molecule has 0 unspecified atom stereocenters. The predicted molar refractivity (Wildman–Crippen MR) is 63.1 cm³/mol. The van der Waals surface area contributed by atoms with Gasteiger partial charge in [-0.2, -0.15) is 0 Å². The lowest BCUT2D eigenvalue weighted by atomic mass is 10.1. The van der Waals surface area contributed by atoms with E-state index in [1.54, 1.807) is 0 Å². The SMILES string of the molecule is CNCCCCc1coc2ccccc12. The minimum absolute atomic E-state index is 1.00. The van der Waals surface area contributed by atoms with E-state index in [2.05, 4.69) is 17.4 Å². The van der Waals surface area contributed by atoms with Crippen LogP contribution in [0.25, 0.3) is 11.0 Å². The Morgan fingerprint density at radius 1 is 1.20 bits per heavy atom. The van der Waals surface area contributed by atoms with Crippen LogP contribution in [0.15, 0.2) is 34.9 Å². The third-order valence-corrected chi connectivity index (χ3v) is 2.68. The molecule has 0 amide bonds. The number of hydrogen-bond acceptors (Lipinski definition) is 2. The van der Waals surface area contributed by atoms with Gasteiger partial charge in [0.1, 0.15) is 5.58 Å². The summed E-state index contributed by atoms with van der Waals surface area (Å²) in [6, 6.07) is 8.23. The summed E-state index contributed by atoms with van der Waals surface area (Å²) in [6.45, 7) is 1.09. The monoisotopic (exact) mass is 203 g/mol. The van der Waals surface area contributed by atoms with E-state index in [1.807, 2.05) is 25.4 Å². The summed E-state index contributed by atoms with van der Waals surface area (Å²) >= 11 is 0. The average molecular weight is 203 g/mol. The third-order valence-electron chi connectivity index (χ3n) is 2.68. The quantitative estimate of drug-likeness (QED) is 0.756. The van der Waals surface area contributed by atoms with E-state index in [-0.39, 0.29) is 0 Å². The Morgan fingerprint density at radius 2 is 2.07 bits per heavy atom. The maximum atomic E-state index is 5.49. The molecule has 0 saturated heterocycles. The lowest BCUT2D eigenvalue weighted by Crippen LogP contribution is -2.07. The van der Waals surface area contributed by atoms with Gasteiger partial charge in [-0.25, -0.2) is 0 Å². The molecule has 0 atom stereocenters. The Balaban J connectivity index is 2.02. The summed E-state index contributed by atoms with van der Waals surface area (Å²) in [5.41, 5.74) is 2.34. The highest BCUT2D eigenvalue weighted by Crippen LogP contribution is 2.21. The zero-order chi connectivity index (χ0) is 10.5. The molecule has 2 heteroatoms. The molecule has 80 valence electrons. The van der Waals surface area contributed by atoms with Crippen LogP contribution in [0.1, 0.15) is 18.4 Å². The molecule has 0 bridgehead atoms.